The Balaban J connectivity index is 1.59. The molecule has 7 heteroatoms. The van der Waals surface area contributed by atoms with E-state index in [2.05, 4.69) is 17.1 Å². The number of hydrogen-bond acceptors (Lipinski definition) is 6. The normalized spacial score (nSPS) is 23.1. The number of rotatable bonds is 9. The summed E-state index contributed by atoms with van der Waals surface area (Å²) in [5.41, 5.74) is 4.21. The van der Waals surface area contributed by atoms with Crippen LogP contribution in [0.1, 0.15) is 61.5 Å². The lowest BCUT2D eigenvalue weighted by atomic mass is 9.89. The van der Waals surface area contributed by atoms with E-state index in [1.807, 2.05) is 92.8 Å². The van der Waals surface area contributed by atoms with Crippen LogP contribution in [0.4, 0.5) is 5.69 Å². The van der Waals surface area contributed by atoms with Gasteiger partial charge in [-0.15, -0.1) is 0 Å². The number of hydrogen-bond donors (Lipinski definition) is 3. The fourth-order valence-corrected chi connectivity index (χ4v) is 4.91. The summed E-state index contributed by atoms with van der Waals surface area (Å²) >= 11 is 0. The zero-order chi connectivity index (χ0) is 27.2. The molecule has 7 nitrogen and oxygen atoms in total. The van der Waals surface area contributed by atoms with Gasteiger partial charge in [-0.3, -0.25) is 9.69 Å². The van der Waals surface area contributed by atoms with Gasteiger partial charge in [-0.05, 0) is 42.8 Å². The van der Waals surface area contributed by atoms with Gasteiger partial charge in [-0.1, -0.05) is 73.7 Å². The lowest BCUT2D eigenvalue weighted by Gasteiger charge is -2.43. The Hall–Kier alpha value is -3.07. The van der Waals surface area contributed by atoms with Gasteiger partial charge in [0.25, 0.3) is 0 Å². The molecule has 0 spiro atoms. The molecule has 1 saturated heterocycles. The summed E-state index contributed by atoms with van der Waals surface area (Å²) in [6.45, 7) is 6.18. The van der Waals surface area contributed by atoms with Crippen LogP contribution in [0.25, 0.3) is 0 Å². The number of nitrogens with one attached hydrogen (secondary N) is 1. The van der Waals surface area contributed by atoms with Crippen molar-refractivity contribution in [2.45, 2.75) is 58.0 Å². The van der Waals surface area contributed by atoms with Crippen molar-refractivity contribution in [1.29, 1.82) is 0 Å². The van der Waals surface area contributed by atoms with Crippen molar-refractivity contribution in [2.75, 3.05) is 18.9 Å². The highest BCUT2D eigenvalue weighted by Gasteiger charge is 2.39. The van der Waals surface area contributed by atoms with Gasteiger partial charge in [0, 0.05) is 36.7 Å². The first-order valence-electron chi connectivity index (χ1n) is 13.1. The zero-order valence-electron chi connectivity index (χ0n) is 22.5. The number of anilines is 1. The summed E-state index contributed by atoms with van der Waals surface area (Å²) in [5.74, 6) is -0.137. The van der Waals surface area contributed by atoms with E-state index in [9.17, 15) is 15.0 Å². The monoisotopic (exact) mass is 518 g/mol. The van der Waals surface area contributed by atoms with E-state index in [4.69, 9.17) is 9.47 Å². The average Bonchev–Trinajstić information content (AvgIpc) is 2.93. The van der Waals surface area contributed by atoms with Crippen LogP contribution in [0.2, 0.25) is 0 Å². The maximum Gasteiger partial charge on any atom is 0.221 e. The molecule has 4 rings (SSSR count). The van der Waals surface area contributed by atoms with Crippen molar-refractivity contribution in [1.82, 2.24) is 4.90 Å². The van der Waals surface area contributed by atoms with Crippen LogP contribution >= 0.6 is 0 Å². The SMILES string of the molecule is CC(=O)Nc1cccc([C@H]2O[C@@H](CN(C)[C@H](C)[C@@H](O)c3ccccc3)[C@@H](C)[C@@H](c3ccc(CO)cc3)O2)c1. The number of amides is 1. The van der Waals surface area contributed by atoms with E-state index in [1.165, 1.54) is 6.92 Å². The molecule has 3 aromatic carbocycles. The number of benzene rings is 3. The van der Waals surface area contributed by atoms with Gasteiger partial charge in [0.2, 0.25) is 5.91 Å². The second-order valence-electron chi connectivity index (χ2n) is 10.2. The van der Waals surface area contributed by atoms with Crippen LogP contribution in [-0.4, -0.2) is 46.8 Å². The van der Waals surface area contributed by atoms with Gasteiger partial charge in [0.15, 0.2) is 6.29 Å². The minimum atomic E-state index is -0.643. The summed E-state index contributed by atoms with van der Waals surface area (Å²) in [5, 5.41) is 23.3. The van der Waals surface area contributed by atoms with E-state index in [1.54, 1.807) is 0 Å². The van der Waals surface area contributed by atoms with Crippen LogP contribution in [0.5, 0.6) is 0 Å². The quantitative estimate of drug-likeness (QED) is 0.370. The van der Waals surface area contributed by atoms with Gasteiger partial charge < -0.3 is 25.0 Å². The first kappa shape index (κ1) is 28.0. The molecule has 0 aliphatic carbocycles. The number of ether oxygens (including phenoxy) is 2. The van der Waals surface area contributed by atoms with Crippen molar-refractivity contribution >= 4 is 11.6 Å². The van der Waals surface area contributed by atoms with E-state index < -0.39 is 12.4 Å². The Morgan fingerprint density at radius 3 is 2.37 bits per heavy atom. The minimum absolute atomic E-state index is 0.00766. The summed E-state index contributed by atoms with van der Waals surface area (Å²) < 4.78 is 13.1. The van der Waals surface area contributed by atoms with Gasteiger partial charge in [-0.25, -0.2) is 0 Å². The lowest BCUT2D eigenvalue weighted by molar-refractivity contribution is -0.276. The molecular formula is C31H38N2O5. The predicted octanol–water partition coefficient (Wildman–Crippen LogP) is 4.98. The summed E-state index contributed by atoms with van der Waals surface area (Å²) in [7, 11) is 2.00. The van der Waals surface area contributed by atoms with Crippen LogP contribution < -0.4 is 5.32 Å². The molecule has 0 saturated carbocycles. The standard InChI is InChI=1S/C31H38N2O5/c1-20-28(18-33(4)21(2)29(36)24-9-6-5-7-10-24)37-31(26-11-8-12-27(17-26)32-22(3)35)38-30(20)25-15-13-23(19-34)14-16-25/h5-17,20-21,28-31,34,36H,18-19H2,1-4H3,(H,32,35)/t20-,21-,28+,29-,30+,31+/m1/s1. The van der Waals surface area contributed by atoms with Crippen LogP contribution in [0.15, 0.2) is 78.9 Å². The van der Waals surface area contributed by atoms with Crippen molar-refractivity contribution in [3.05, 3.63) is 101 Å². The summed E-state index contributed by atoms with van der Waals surface area (Å²) in [4.78, 5) is 13.7. The van der Waals surface area contributed by atoms with Crippen molar-refractivity contribution < 1.29 is 24.5 Å². The molecule has 1 heterocycles. The van der Waals surface area contributed by atoms with Gasteiger partial charge >= 0.3 is 0 Å². The third-order valence-electron chi connectivity index (χ3n) is 7.36. The molecule has 1 amide bonds. The number of aliphatic hydroxyl groups is 2. The first-order chi connectivity index (χ1) is 18.3. The number of nitrogens with zero attached hydrogens (tertiary/aromatic N) is 1. The van der Waals surface area contributed by atoms with Crippen molar-refractivity contribution in [3.8, 4) is 0 Å². The minimum Gasteiger partial charge on any atom is -0.392 e. The van der Waals surface area contributed by atoms with Gasteiger partial charge in [-0.2, -0.15) is 0 Å². The van der Waals surface area contributed by atoms with E-state index in [0.717, 1.165) is 22.3 Å². The predicted molar refractivity (Wildman–Crippen MR) is 147 cm³/mol. The van der Waals surface area contributed by atoms with Crippen molar-refractivity contribution in [2.24, 2.45) is 5.92 Å². The number of likely N-dealkylation sites (N-methyl/N-ethyl adjacent to an activating group) is 1. The average molecular weight is 519 g/mol. The Morgan fingerprint density at radius 1 is 1.00 bits per heavy atom. The molecule has 202 valence electrons. The van der Waals surface area contributed by atoms with Gasteiger partial charge in [0.05, 0.1) is 24.9 Å². The lowest BCUT2D eigenvalue weighted by Crippen LogP contribution is -2.46. The Morgan fingerprint density at radius 2 is 1.71 bits per heavy atom. The fraction of sp³-hybridized carbons (Fsp3) is 0.387. The smallest absolute Gasteiger partial charge is 0.221 e. The number of carbonyl (C=O) groups is 1. The third-order valence-corrected chi connectivity index (χ3v) is 7.36. The topological polar surface area (TPSA) is 91.3 Å². The molecule has 38 heavy (non-hydrogen) atoms. The maximum atomic E-state index is 11.6. The molecular weight excluding hydrogens is 480 g/mol. The molecule has 0 radical (unpaired) electrons. The highest BCUT2D eigenvalue weighted by Crippen LogP contribution is 2.42. The van der Waals surface area contributed by atoms with E-state index in [-0.39, 0.29) is 36.7 Å². The highest BCUT2D eigenvalue weighted by atomic mass is 16.7. The largest absolute Gasteiger partial charge is 0.392 e. The van der Waals surface area contributed by atoms with Crippen molar-refractivity contribution in [3.63, 3.8) is 0 Å². The molecule has 0 bridgehead atoms. The van der Waals surface area contributed by atoms with Crippen LogP contribution in [0, 0.1) is 5.92 Å². The Bertz CT molecular complexity index is 1190. The van der Waals surface area contributed by atoms with E-state index >= 15 is 0 Å². The second-order valence-corrected chi connectivity index (χ2v) is 10.2. The summed E-state index contributed by atoms with van der Waals surface area (Å²) in [6.07, 6.45) is -1.73. The maximum absolute atomic E-state index is 11.6. The van der Waals surface area contributed by atoms with Crippen LogP contribution in [0.3, 0.4) is 0 Å². The molecule has 3 aromatic rings. The molecule has 1 aliphatic heterocycles. The molecule has 0 aromatic heterocycles. The second kappa shape index (κ2) is 12.7. The Labute approximate surface area is 225 Å². The molecule has 6 atom stereocenters. The molecule has 3 N–H and O–H groups in total. The third kappa shape index (κ3) is 6.67. The molecule has 1 fully saturated rings. The molecule has 0 unspecified atom stereocenters. The summed E-state index contributed by atoms with van der Waals surface area (Å²) in [6, 6.07) is 24.8. The highest BCUT2D eigenvalue weighted by molar-refractivity contribution is 5.88. The van der Waals surface area contributed by atoms with Crippen LogP contribution in [-0.2, 0) is 20.9 Å². The zero-order valence-corrected chi connectivity index (χ0v) is 22.5. The Kier molecular flexibility index (Phi) is 9.31. The number of aliphatic hydroxyl groups excluding tert-OH is 2. The molecule has 1 aliphatic rings. The fourth-order valence-electron chi connectivity index (χ4n) is 4.91. The van der Waals surface area contributed by atoms with Gasteiger partial charge in [0.1, 0.15) is 0 Å². The van der Waals surface area contributed by atoms with E-state index in [0.29, 0.717) is 12.2 Å². The first-order valence-corrected chi connectivity index (χ1v) is 13.1. The number of carbonyl (C=O) groups excluding carboxylic acids is 1.